The number of amides is 1. The zero-order chi connectivity index (χ0) is 19.1. The van der Waals surface area contributed by atoms with Gasteiger partial charge in [0, 0.05) is 12.0 Å². The first-order valence-electron chi connectivity index (χ1n) is 11.4. The number of rotatable bonds is 6. The van der Waals surface area contributed by atoms with Gasteiger partial charge in [-0.25, -0.2) is 0 Å². The lowest BCUT2D eigenvalue weighted by molar-refractivity contribution is -0.120. The number of thioether (sulfide) groups is 1. The molecule has 5 nitrogen and oxygen atoms in total. The number of carbonyl (C=O) groups is 1. The standard InChI is InChI=1S/C22H33N3O2S/c1-14(19(26)23-13-15-5-3-2-4-6-15)28-21-25-24-20(27-21)22-10-16-7-17(11-22)9-18(8-16)12-22/h14-18H,2-13H2,1H3,(H,23,26)/t14-,16?,17?,18?,22?/m0/s1. The molecular weight excluding hydrogens is 370 g/mol. The third kappa shape index (κ3) is 3.73. The highest BCUT2D eigenvalue weighted by Gasteiger charge is 2.54. The smallest absolute Gasteiger partial charge is 0.277 e. The summed E-state index contributed by atoms with van der Waals surface area (Å²) in [4.78, 5) is 12.5. The van der Waals surface area contributed by atoms with E-state index < -0.39 is 0 Å². The number of carbonyl (C=O) groups excluding carboxylic acids is 1. The predicted octanol–water partition coefficient (Wildman–Crippen LogP) is 4.71. The second-order valence-corrected chi connectivity index (χ2v) is 11.4. The molecule has 1 heterocycles. The van der Waals surface area contributed by atoms with Crippen LogP contribution in [0.2, 0.25) is 0 Å². The molecule has 1 aromatic rings. The van der Waals surface area contributed by atoms with E-state index in [1.54, 1.807) is 0 Å². The van der Waals surface area contributed by atoms with Crippen LogP contribution in [0.4, 0.5) is 0 Å². The van der Waals surface area contributed by atoms with Crippen molar-refractivity contribution in [1.82, 2.24) is 15.5 Å². The van der Waals surface area contributed by atoms with Crippen molar-refractivity contribution in [2.75, 3.05) is 6.54 Å². The van der Waals surface area contributed by atoms with Crippen molar-refractivity contribution in [3.8, 4) is 0 Å². The normalized spacial score (nSPS) is 35.8. The van der Waals surface area contributed by atoms with E-state index in [9.17, 15) is 4.79 Å². The van der Waals surface area contributed by atoms with E-state index in [4.69, 9.17) is 4.42 Å². The second-order valence-electron chi connectivity index (χ2n) is 10.1. The Morgan fingerprint density at radius 1 is 1.11 bits per heavy atom. The van der Waals surface area contributed by atoms with Crippen LogP contribution in [0.3, 0.4) is 0 Å². The molecule has 0 spiro atoms. The average molecular weight is 404 g/mol. The minimum atomic E-state index is -0.201. The first kappa shape index (κ1) is 19.0. The lowest BCUT2D eigenvalue weighted by atomic mass is 9.49. The Kier molecular flexibility index (Phi) is 5.18. The van der Waals surface area contributed by atoms with Crippen molar-refractivity contribution in [1.29, 1.82) is 0 Å². The lowest BCUT2D eigenvalue weighted by Gasteiger charge is -2.55. The Morgan fingerprint density at radius 2 is 1.75 bits per heavy atom. The summed E-state index contributed by atoms with van der Waals surface area (Å²) in [5, 5.41) is 12.3. The highest BCUT2D eigenvalue weighted by Crippen LogP contribution is 2.60. The molecule has 0 aliphatic heterocycles. The fourth-order valence-electron chi connectivity index (χ4n) is 6.83. The summed E-state index contributed by atoms with van der Waals surface area (Å²) in [6.45, 7) is 2.75. The average Bonchev–Trinajstić information content (AvgIpc) is 3.15. The van der Waals surface area contributed by atoms with Crippen molar-refractivity contribution >= 4 is 17.7 Å². The summed E-state index contributed by atoms with van der Waals surface area (Å²) in [5.74, 6) is 4.17. The molecule has 5 fully saturated rings. The van der Waals surface area contributed by atoms with E-state index in [-0.39, 0.29) is 16.6 Å². The Labute approximate surface area is 172 Å². The molecule has 5 aliphatic rings. The molecule has 0 unspecified atom stereocenters. The van der Waals surface area contributed by atoms with Crippen molar-refractivity contribution < 1.29 is 9.21 Å². The Morgan fingerprint density at radius 3 is 2.39 bits per heavy atom. The molecule has 0 saturated heterocycles. The number of hydrogen-bond acceptors (Lipinski definition) is 5. The van der Waals surface area contributed by atoms with E-state index in [0.29, 0.717) is 11.1 Å². The molecule has 1 N–H and O–H groups in total. The van der Waals surface area contributed by atoms with Crippen LogP contribution in [-0.4, -0.2) is 27.9 Å². The molecule has 0 radical (unpaired) electrons. The van der Waals surface area contributed by atoms with E-state index in [0.717, 1.165) is 30.2 Å². The van der Waals surface area contributed by atoms with Gasteiger partial charge in [0.25, 0.3) is 5.22 Å². The summed E-state index contributed by atoms with van der Waals surface area (Å²) in [7, 11) is 0. The molecule has 4 bridgehead atoms. The Bertz CT molecular complexity index is 677. The van der Waals surface area contributed by atoms with Crippen molar-refractivity contribution in [2.45, 2.75) is 93.4 Å². The van der Waals surface area contributed by atoms with Crippen LogP contribution in [0.5, 0.6) is 0 Å². The van der Waals surface area contributed by atoms with Crippen LogP contribution in [0.25, 0.3) is 0 Å². The SMILES string of the molecule is C[C@H](Sc1nnc(C23CC4CC(CC(C4)C2)C3)o1)C(=O)NCC1CCCCC1. The number of aromatic nitrogens is 2. The van der Waals surface area contributed by atoms with Gasteiger partial charge in [0.15, 0.2) is 0 Å². The topological polar surface area (TPSA) is 68.0 Å². The molecule has 5 aliphatic carbocycles. The van der Waals surface area contributed by atoms with Gasteiger partial charge in [-0.05, 0) is 82.0 Å². The summed E-state index contributed by atoms with van der Waals surface area (Å²) in [5.41, 5.74) is 0.132. The summed E-state index contributed by atoms with van der Waals surface area (Å²) >= 11 is 1.41. The lowest BCUT2D eigenvalue weighted by Crippen LogP contribution is -2.48. The molecule has 1 aromatic heterocycles. The number of hydrogen-bond donors (Lipinski definition) is 1. The van der Waals surface area contributed by atoms with Crippen molar-refractivity contribution in [3.05, 3.63) is 5.89 Å². The van der Waals surface area contributed by atoms with Crippen LogP contribution >= 0.6 is 11.8 Å². The Hall–Kier alpha value is -1.04. The molecule has 1 amide bonds. The maximum absolute atomic E-state index is 12.5. The van der Waals surface area contributed by atoms with Crippen LogP contribution in [-0.2, 0) is 10.2 Å². The third-order valence-electron chi connectivity index (χ3n) is 7.83. The van der Waals surface area contributed by atoms with Gasteiger partial charge >= 0.3 is 0 Å². The minimum absolute atomic E-state index is 0.0881. The maximum Gasteiger partial charge on any atom is 0.277 e. The molecule has 1 atom stereocenters. The second kappa shape index (κ2) is 7.66. The number of nitrogens with zero attached hydrogens (tertiary/aromatic N) is 2. The van der Waals surface area contributed by atoms with Gasteiger partial charge in [0.2, 0.25) is 11.8 Å². The molecule has 0 aromatic carbocycles. The van der Waals surface area contributed by atoms with Crippen LogP contribution < -0.4 is 5.32 Å². The minimum Gasteiger partial charge on any atom is -0.415 e. The van der Waals surface area contributed by atoms with E-state index >= 15 is 0 Å². The molecular formula is C22H33N3O2S. The fraction of sp³-hybridized carbons (Fsp3) is 0.864. The highest BCUT2D eigenvalue weighted by atomic mass is 32.2. The van der Waals surface area contributed by atoms with Crippen molar-refractivity contribution in [2.24, 2.45) is 23.7 Å². The van der Waals surface area contributed by atoms with Gasteiger partial charge in [-0.2, -0.15) is 0 Å². The largest absolute Gasteiger partial charge is 0.415 e. The molecule has 5 saturated carbocycles. The molecule has 6 rings (SSSR count). The quantitative estimate of drug-likeness (QED) is 0.697. The van der Waals surface area contributed by atoms with E-state index in [1.165, 1.54) is 82.4 Å². The summed E-state index contributed by atoms with van der Waals surface area (Å²) < 4.78 is 6.14. The molecule has 6 heteroatoms. The first-order valence-corrected chi connectivity index (χ1v) is 12.3. The summed E-state index contributed by atoms with van der Waals surface area (Å²) in [6, 6.07) is 0. The highest BCUT2D eigenvalue weighted by molar-refractivity contribution is 8.00. The van der Waals surface area contributed by atoms with Crippen molar-refractivity contribution in [3.63, 3.8) is 0 Å². The van der Waals surface area contributed by atoms with Gasteiger partial charge in [-0.15, -0.1) is 10.2 Å². The van der Waals surface area contributed by atoms with Crippen LogP contribution in [0, 0.1) is 23.7 Å². The van der Waals surface area contributed by atoms with E-state index in [1.807, 2.05) is 6.92 Å². The Balaban J connectivity index is 1.18. The van der Waals surface area contributed by atoms with Gasteiger partial charge in [-0.3, -0.25) is 4.79 Å². The monoisotopic (exact) mass is 403 g/mol. The number of nitrogens with one attached hydrogen (secondary N) is 1. The molecule has 28 heavy (non-hydrogen) atoms. The van der Waals surface area contributed by atoms with Crippen LogP contribution in [0.15, 0.2) is 9.64 Å². The van der Waals surface area contributed by atoms with Gasteiger partial charge in [0.1, 0.15) is 0 Å². The zero-order valence-electron chi connectivity index (χ0n) is 17.0. The van der Waals surface area contributed by atoms with Gasteiger partial charge in [-0.1, -0.05) is 31.0 Å². The fourth-order valence-corrected chi connectivity index (χ4v) is 7.54. The maximum atomic E-state index is 12.5. The van der Waals surface area contributed by atoms with Gasteiger partial charge < -0.3 is 9.73 Å². The van der Waals surface area contributed by atoms with E-state index in [2.05, 4.69) is 15.5 Å². The molecule has 154 valence electrons. The van der Waals surface area contributed by atoms with Crippen LogP contribution in [0.1, 0.15) is 83.4 Å². The summed E-state index contributed by atoms with van der Waals surface area (Å²) in [6.07, 6.45) is 14.4. The first-order chi connectivity index (χ1) is 13.6. The third-order valence-corrected chi connectivity index (χ3v) is 8.77. The van der Waals surface area contributed by atoms with Gasteiger partial charge in [0.05, 0.1) is 5.25 Å². The predicted molar refractivity (Wildman–Crippen MR) is 109 cm³/mol. The zero-order valence-corrected chi connectivity index (χ0v) is 17.8.